The van der Waals surface area contributed by atoms with E-state index in [0.717, 1.165) is 75.5 Å². The molecule has 3 N–H and O–H groups in total. The molecule has 8 nitrogen and oxygen atoms in total. The second-order valence-corrected chi connectivity index (χ2v) is 12.5. The van der Waals surface area contributed by atoms with Gasteiger partial charge in [-0.1, -0.05) is 18.2 Å². The van der Waals surface area contributed by atoms with Gasteiger partial charge in [0.15, 0.2) is 5.69 Å². The van der Waals surface area contributed by atoms with Crippen molar-refractivity contribution < 1.29 is 14.7 Å². The van der Waals surface area contributed by atoms with Gasteiger partial charge >= 0.3 is 0 Å². The minimum absolute atomic E-state index is 0.126. The summed E-state index contributed by atoms with van der Waals surface area (Å²) in [6, 6.07) is 8.30. The molecule has 7 rings (SSSR count). The first-order valence-electron chi connectivity index (χ1n) is 14.3. The van der Waals surface area contributed by atoms with Crippen molar-refractivity contribution in [3.63, 3.8) is 0 Å². The molecule has 200 valence electrons. The molecule has 0 spiro atoms. The number of hydrogen-bond acceptors (Lipinski definition) is 5. The van der Waals surface area contributed by atoms with Crippen LogP contribution in [-0.2, 0) is 4.79 Å². The van der Waals surface area contributed by atoms with Gasteiger partial charge in [-0.25, -0.2) is 0 Å². The molecule has 1 aromatic carbocycles. The molecular weight excluding hydrogens is 466 g/mol. The number of rotatable bonds is 7. The van der Waals surface area contributed by atoms with Gasteiger partial charge in [-0.15, -0.1) is 0 Å². The number of piperidine rings is 1. The first-order valence-corrected chi connectivity index (χ1v) is 14.3. The third kappa shape index (κ3) is 4.56. The van der Waals surface area contributed by atoms with Crippen molar-refractivity contribution in [3.05, 3.63) is 30.0 Å². The zero-order chi connectivity index (χ0) is 25.7. The summed E-state index contributed by atoms with van der Waals surface area (Å²) >= 11 is 0. The average Bonchev–Trinajstić information content (AvgIpc) is 3.28. The summed E-state index contributed by atoms with van der Waals surface area (Å²) in [4.78, 5) is 28.7. The summed E-state index contributed by atoms with van der Waals surface area (Å²) in [7, 11) is 0. The summed E-state index contributed by atoms with van der Waals surface area (Å²) in [5, 5.41) is 22.5. The Balaban J connectivity index is 0.972. The lowest BCUT2D eigenvalue weighted by Crippen LogP contribution is -2.60. The van der Waals surface area contributed by atoms with Crippen LogP contribution in [0.4, 0.5) is 0 Å². The van der Waals surface area contributed by atoms with Crippen LogP contribution in [0.5, 0.6) is 0 Å². The molecule has 5 atom stereocenters. The van der Waals surface area contributed by atoms with Crippen LogP contribution in [0.2, 0.25) is 0 Å². The van der Waals surface area contributed by atoms with Crippen LogP contribution in [0, 0.1) is 23.2 Å². The van der Waals surface area contributed by atoms with Gasteiger partial charge in [0.1, 0.15) is 0 Å². The number of fused-ring (bicyclic) bond motifs is 1. The molecule has 4 bridgehead atoms. The number of carbonyl (C=O) groups is 2. The minimum atomic E-state index is -0.232. The van der Waals surface area contributed by atoms with Gasteiger partial charge in [0, 0.05) is 43.6 Å². The number of carbonyl (C=O) groups excluding carboxylic acids is 2. The number of likely N-dealkylation sites (tertiary alicyclic amines) is 1. The summed E-state index contributed by atoms with van der Waals surface area (Å²) in [6.07, 6.45) is 6.67. The van der Waals surface area contributed by atoms with Crippen LogP contribution in [0.25, 0.3) is 10.9 Å². The highest BCUT2D eigenvalue weighted by Crippen LogP contribution is 2.60. The lowest BCUT2D eigenvalue weighted by Gasteiger charge is -2.58. The predicted molar refractivity (Wildman–Crippen MR) is 142 cm³/mol. The lowest BCUT2D eigenvalue weighted by molar-refractivity contribution is -0.163. The molecule has 5 aliphatic rings. The first-order chi connectivity index (χ1) is 17.8. The van der Waals surface area contributed by atoms with E-state index >= 15 is 0 Å². The Kier molecular flexibility index (Phi) is 6.51. The van der Waals surface area contributed by atoms with Crippen molar-refractivity contribution in [2.75, 3.05) is 26.2 Å². The van der Waals surface area contributed by atoms with E-state index in [9.17, 15) is 14.7 Å². The quantitative estimate of drug-likeness (QED) is 0.535. The highest BCUT2D eigenvalue weighted by molar-refractivity contribution is 6.04. The molecule has 8 heteroatoms. The largest absolute Gasteiger partial charge is 0.393 e. The Hall–Kier alpha value is -2.45. The van der Waals surface area contributed by atoms with Crippen molar-refractivity contribution in [1.29, 1.82) is 0 Å². The average molecular weight is 508 g/mol. The zero-order valence-corrected chi connectivity index (χ0v) is 22.2. The van der Waals surface area contributed by atoms with Crippen LogP contribution < -0.4 is 10.6 Å². The Morgan fingerprint density at radius 2 is 1.81 bits per heavy atom. The third-order valence-corrected chi connectivity index (χ3v) is 9.66. The number of aliphatic hydroxyl groups excluding tert-OH is 1. The summed E-state index contributed by atoms with van der Waals surface area (Å²) < 4.78 is 1.91. The Morgan fingerprint density at radius 1 is 1.11 bits per heavy atom. The van der Waals surface area contributed by atoms with E-state index in [-0.39, 0.29) is 35.4 Å². The molecule has 2 aromatic rings. The highest BCUT2D eigenvalue weighted by Gasteiger charge is 2.58. The number of amides is 2. The Morgan fingerprint density at radius 3 is 2.51 bits per heavy atom. The van der Waals surface area contributed by atoms with Crippen LogP contribution in [-0.4, -0.2) is 69.9 Å². The van der Waals surface area contributed by atoms with Crippen LogP contribution >= 0.6 is 0 Å². The van der Waals surface area contributed by atoms with Crippen molar-refractivity contribution in [3.8, 4) is 0 Å². The van der Waals surface area contributed by atoms with Gasteiger partial charge in [0.25, 0.3) is 5.91 Å². The third-order valence-electron chi connectivity index (χ3n) is 9.66. The topological polar surface area (TPSA) is 99.5 Å². The van der Waals surface area contributed by atoms with E-state index in [1.807, 2.05) is 28.9 Å². The van der Waals surface area contributed by atoms with Crippen molar-refractivity contribution in [1.82, 2.24) is 25.3 Å². The fraction of sp³-hybridized carbons (Fsp3) is 0.690. The van der Waals surface area contributed by atoms with Crippen LogP contribution in [0.15, 0.2) is 24.3 Å². The summed E-state index contributed by atoms with van der Waals surface area (Å²) in [5.41, 5.74) is 1.24. The number of benzene rings is 1. The van der Waals surface area contributed by atoms with E-state index in [0.29, 0.717) is 30.0 Å². The second kappa shape index (κ2) is 9.70. The molecule has 37 heavy (non-hydrogen) atoms. The summed E-state index contributed by atoms with van der Waals surface area (Å²) in [6.45, 7) is 7.36. The van der Waals surface area contributed by atoms with E-state index in [4.69, 9.17) is 0 Å². The van der Waals surface area contributed by atoms with E-state index in [1.165, 1.54) is 0 Å². The molecule has 5 fully saturated rings. The Bertz CT molecular complexity index is 1150. The molecule has 1 aliphatic heterocycles. The van der Waals surface area contributed by atoms with Gasteiger partial charge in [-0.2, -0.15) is 5.10 Å². The fourth-order valence-electron chi connectivity index (χ4n) is 7.98. The number of aromatic nitrogens is 2. The molecule has 1 saturated heterocycles. The van der Waals surface area contributed by atoms with Crippen molar-refractivity contribution in [2.45, 2.75) is 77.0 Å². The van der Waals surface area contributed by atoms with Gasteiger partial charge in [0.05, 0.1) is 17.0 Å². The van der Waals surface area contributed by atoms with Crippen LogP contribution in [0.1, 0.15) is 75.3 Å². The van der Waals surface area contributed by atoms with Gasteiger partial charge < -0.3 is 20.6 Å². The Labute approximate surface area is 219 Å². The monoisotopic (exact) mass is 507 g/mol. The molecule has 4 aliphatic carbocycles. The highest BCUT2D eigenvalue weighted by atomic mass is 16.3. The number of hydrogen-bond donors (Lipinski definition) is 3. The van der Waals surface area contributed by atoms with E-state index in [2.05, 4.69) is 34.5 Å². The number of nitrogens with one attached hydrogen (secondary N) is 2. The van der Waals surface area contributed by atoms with Gasteiger partial charge in [-0.3, -0.25) is 14.3 Å². The molecule has 3 unspecified atom stereocenters. The van der Waals surface area contributed by atoms with Crippen molar-refractivity contribution in [2.24, 2.45) is 23.2 Å². The molecular formula is C29H41N5O3. The molecule has 0 radical (unpaired) electrons. The SMILES string of the molecule is CC(C)n1nc(C(=O)NCCN2CCC(NC(=O)C34CC5C[C@H](C3)C(O)[C@@H](C5)C4)CC2)c2ccccc21. The maximum atomic E-state index is 13.4. The van der Waals surface area contributed by atoms with Gasteiger partial charge in [-0.05, 0) is 82.6 Å². The number of nitrogens with zero attached hydrogens (tertiary/aromatic N) is 3. The number of para-hydroxylation sites is 1. The predicted octanol–water partition coefficient (Wildman–Crippen LogP) is 3.11. The van der Waals surface area contributed by atoms with E-state index in [1.54, 1.807) is 0 Å². The van der Waals surface area contributed by atoms with E-state index < -0.39 is 0 Å². The summed E-state index contributed by atoms with van der Waals surface area (Å²) in [5.74, 6) is 1.40. The fourth-order valence-corrected chi connectivity index (χ4v) is 7.98. The number of aliphatic hydroxyl groups is 1. The minimum Gasteiger partial charge on any atom is -0.393 e. The zero-order valence-electron chi connectivity index (χ0n) is 22.2. The maximum absolute atomic E-state index is 13.4. The van der Waals surface area contributed by atoms with Crippen LogP contribution in [0.3, 0.4) is 0 Å². The normalized spacial score (nSPS) is 31.8. The molecule has 4 saturated carbocycles. The molecule has 2 heterocycles. The molecule has 2 amide bonds. The van der Waals surface area contributed by atoms with Crippen molar-refractivity contribution >= 4 is 22.7 Å². The lowest BCUT2D eigenvalue weighted by atomic mass is 9.48. The smallest absolute Gasteiger partial charge is 0.272 e. The maximum Gasteiger partial charge on any atom is 0.272 e. The standard InChI is InChI=1S/C29H41N5O3/c1-18(2)34-24-6-4-3-5-23(24)25(32-34)27(36)30-9-12-33-10-7-22(8-11-33)31-28(37)29-15-19-13-20(16-29)26(35)21(14-19)17-29/h3-6,18-22,26,35H,7-17H2,1-2H3,(H,30,36)(H,31,37)/t19?,20-,21+,26?,29?. The second-order valence-electron chi connectivity index (χ2n) is 12.5. The van der Waals surface area contributed by atoms with Gasteiger partial charge in [0.2, 0.25) is 5.91 Å². The first kappa shape index (κ1) is 24.9. The molecule has 1 aromatic heterocycles.